The number of hydrogen-bond acceptors (Lipinski definition) is 6. The van der Waals surface area contributed by atoms with Crippen molar-refractivity contribution in [3.8, 4) is 11.5 Å². The number of aromatic nitrogens is 1. The van der Waals surface area contributed by atoms with Gasteiger partial charge in [0, 0.05) is 30.6 Å². The van der Waals surface area contributed by atoms with E-state index in [-0.39, 0.29) is 17.8 Å². The Bertz CT molecular complexity index is 1130. The summed E-state index contributed by atoms with van der Waals surface area (Å²) >= 11 is 1.68. The molecule has 4 rings (SSSR count). The first kappa shape index (κ1) is 23.2. The largest absolute Gasteiger partial charge is 0.497 e. The second-order valence-electron chi connectivity index (χ2n) is 8.26. The number of nitrogens with zero attached hydrogens (tertiary/aromatic N) is 2. The number of amides is 1. The Kier molecular flexibility index (Phi) is 6.93. The third-order valence-electron chi connectivity index (χ3n) is 6.09. The Balaban J connectivity index is 1.61. The summed E-state index contributed by atoms with van der Waals surface area (Å²) in [5.41, 5.74) is 2.69. The third kappa shape index (κ3) is 4.85. The van der Waals surface area contributed by atoms with Gasteiger partial charge in [-0.05, 0) is 56.5 Å². The number of piperidine rings is 1. The summed E-state index contributed by atoms with van der Waals surface area (Å²) in [5.74, 6) is 1.13. The highest BCUT2D eigenvalue weighted by molar-refractivity contribution is 7.19. The van der Waals surface area contributed by atoms with Crippen LogP contribution in [0, 0.1) is 12.8 Å². The van der Waals surface area contributed by atoms with Crippen molar-refractivity contribution in [2.45, 2.75) is 33.2 Å². The third-order valence-corrected chi connectivity index (χ3v) is 7.07. The summed E-state index contributed by atoms with van der Waals surface area (Å²) in [7, 11) is 3.26. The van der Waals surface area contributed by atoms with E-state index in [4.69, 9.17) is 14.2 Å². The molecule has 0 radical (unpaired) electrons. The van der Waals surface area contributed by atoms with Crippen molar-refractivity contribution in [3.63, 3.8) is 0 Å². The van der Waals surface area contributed by atoms with E-state index in [1.807, 2.05) is 36.1 Å². The van der Waals surface area contributed by atoms with Gasteiger partial charge < -0.3 is 23.7 Å². The number of methoxy groups -OCH3 is 2. The molecule has 1 aromatic carbocycles. The fraction of sp³-hybridized carbons (Fsp3) is 0.440. The molecule has 3 heterocycles. The van der Waals surface area contributed by atoms with Gasteiger partial charge in [-0.15, -0.1) is 11.3 Å². The van der Waals surface area contributed by atoms with Crippen molar-refractivity contribution >= 4 is 33.4 Å². The lowest BCUT2D eigenvalue weighted by Gasteiger charge is -2.31. The lowest BCUT2D eigenvalue weighted by atomic mass is 9.97. The van der Waals surface area contributed by atoms with Gasteiger partial charge in [0.1, 0.15) is 17.2 Å². The monoisotopic (exact) mass is 470 g/mol. The Hall–Kier alpha value is -3.00. The predicted octanol–water partition coefficient (Wildman–Crippen LogP) is 4.49. The topological polar surface area (TPSA) is 70.0 Å². The lowest BCUT2D eigenvalue weighted by molar-refractivity contribution is -0.149. The van der Waals surface area contributed by atoms with E-state index in [9.17, 15) is 9.59 Å². The highest BCUT2D eigenvalue weighted by Crippen LogP contribution is 2.32. The van der Waals surface area contributed by atoms with Crippen molar-refractivity contribution < 1.29 is 23.8 Å². The van der Waals surface area contributed by atoms with Gasteiger partial charge in [-0.1, -0.05) is 0 Å². The molecule has 3 aromatic rings. The molecule has 0 atom stereocenters. The van der Waals surface area contributed by atoms with Crippen molar-refractivity contribution in [3.05, 3.63) is 46.5 Å². The average Bonchev–Trinajstić information content (AvgIpc) is 3.35. The second-order valence-corrected chi connectivity index (χ2v) is 9.55. The summed E-state index contributed by atoms with van der Waals surface area (Å²) < 4.78 is 19.2. The van der Waals surface area contributed by atoms with Crippen LogP contribution in [0.4, 0.5) is 0 Å². The van der Waals surface area contributed by atoms with Gasteiger partial charge in [0.2, 0.25) is 0 Å². The van der Waals surface area contributed by atoms with Crippen LogP contribution in [0.1, 0.15) is 40.7 Å². The maximum atomic E-state index is 13.6. The first-order chi connectivity index (χ1) is 15.9. The molecule has 1 aliphatic heterocycles. The molecule has 0 bridgehead atoms. The molecule has 7 nitrogen and oxygen atoms in total. The fourth-order valence-corrected chi connectivity index (χ4v) is 5.35. The van der Waals surface area contributed by atoms with Crippen molar-refractivity contribution in [1.29, 1.82) is 0 Å². The standard InChI is InChI=1S/C25H30N2O5S/c1-5-32-25(29)18-6-8-26(9-7-18)24(28)22-14-23-21(10-16(2)33-23)27(22)15-17-11-19(30-3)13-20(12-17)31-4/h10-14,18H,5-9,15H2,1-4H3. The zero-order valence-electron chi connectivity index (χ0n) is 19.6. The molecule has 1 fully saturated rings. The van der Waals surface area contributed by atoms with Crippen LogP contribution in [0.25, 0.3) is 10.2 Å². The summed E-state index contributed by atoms with van der Waals surface area (Å²) in [6.45, 7) is 5.89. The first-order valence-electron chi connectivity index (χ1n) is 11.2. The van der Waals surface area contributed by atoms with Crippen LogP contribution in [-0.2, 0) is 16.1 Å². The van der Waals surface area contributed by atoms with Gasteiger partial charge in [-0.25, -0.2) is 0 Å². The molecular formula is C25H30N2O5S. The molecule has 8 heteroatoms. The van der Waals surface area contributed by atoms with Gasteiger partial charge in [0.25, 0.3) is 5.91 Å². The fourth-order valence-electron chi connectivity index (χ4n) is 4.39. The normalized spacial score (nSPS) is 14.5. The van der Waals surface area contributed by atoms with E-state index in [1.165, 1.54) is 4.88 Å². The Morgan fingerprint density at radius 2 is 1.70 bits per heavy atom. The minimum Gasteiger partial charge on any atom is -0.497 e. The van der Waals surface area contributed by atoms with Crippen LogP contribution >= 0.6 is 11.3 Å². The Morgan fingerprint density at radius 3 is 2.30 bits per heavy atom. The molecule has 1 aliphatic rings. The molecule has 0 aliphatic carbocycles. The van der Waals surface area contributed by atoms with Gasteiger partial charge in [0.05, 0.1) is 37.0 Å². The van der Waals surface area contributed by atoms with Gasteiger partial charge in [0.15, 0.2) is 0 Å². The van der Waals surface area contributed by atoms with E-state index >= 15 is 0 Å². The SMILES string of the molecule is CCOC(=O)C1CCN(C(=O)c2cc3sc(C)cc3n2Cc2cc(OC)cc(OC)c2)CC1. The molecule has 0 spiro atoms. The van der Waals surface area contributed by atoms with Crippen molar-refractivity contribution in [1.82, 2.24) is 9.47 Å². The van der Waals surface area contributed by atoms with Crippen molar-refractivity contribution in [2.24, 2.45) is 5.92 Å². The smallest absolute Gasteiger partial charge is 0.309 e. The number of ether oxygens (including phenoxy) is 3. The highest BCUT2D eigenvalue weighted by Gasteiger charge is 2.30. The summed E-state index contributed by atoms with van der Waals surface area (Å²) in [4.78, 5) is 28.7. The lowest BCUT2D eigenvalue weighted by Crippen LogP contribution is -2.41. The summed E-state index contributed by atoms with van der Waals surface area (Å²) in [5, 5.41) is 0. The predicted molar refractivity (Wildman–Crippen MR) is 128 cm³/mol. The van der Waals surface area contributed by atoms with Crippen LogP contribution in [0.3, 0.4) is 0 Å². The Labute approximate surface area is 197 Å². The highest BCUT2D eigenvalue weighted by atomic mass is 32.1. The molecule has 0 unspecified atom stereocenters. The second kappa shape index (κ2) is 9.87. The number of aryl methyl sites for hydroxylation is 1. The van der Waals surface area contributed by atoms with Crippen molar-refractivity contribution in [2.75, 3.05) is 33.9 Å². The number of carbonyl (C=O) groups excluding carboxylic acids is 2. The van der Waals surface area contributed by atoms with Crippen LogP contribution in [0.5, 0.6) is 11.5 Å². The number of benzene rings is 1. The number of fused-ring (bicyclic) bond motifs is 1. The number of hydrogen-bond donors (Lipinski definition) is 0. The minimum atomic E-state index is -0.157. The quantitative estimate of drug-likeness (QED) is 0.476. The zero-order chi connectivity index (χ0) is 23.5. The maximum absolute atomic E-state index is 13.6. The molecule has 1 saturated heterocycles. The zero-order valence-corrected chi connectivity index (χ0v) is 20.4. The number of thiophene rings is 1. The molecule has 33 heavy (non-hydrogen) atoms. The number of rotatable bonds is 7. The van der Waals surface area contributed by atoms with Crippen LogP contribution in [0.2, 0.25) is 0 Å². The number of esters is 1. The molecular weight excluding hydrogens is 440 g/mol. The number of carbonyl (C=O) groups is 2. The van der Waals surface area contributed by atoms with E-state index in [1.54, 1.807) is 25.6 Å². The molecule has 176 valence electrons. The molecule has 2 aromatic heterocycles. The first-order valence-corrected chi connectivity index (χ1v) is 12.0. The number of likely N-dealkylation sites (tertiary alicyclic amines) is 1. The van der Waals surface area contributed by atoms with E-state index in [2.05, 4.69) is 17.6 Å². The van der Waals surface area contributed by atoms with Crippen LogP contribution in [0.15, 0.2) is 30.3 Å². The molecule has 0 N–H and O–H groups in total. The van der Waals surface area contributed by atoms with E-state index < -0.39 is 0 Å². The maximum Gasteiger partial charge on any atom is 0.309 e. The average molecular weight is 471 g/mol. The molecule has 1 amide bonds. The minimum absolute atomic E-state index is 0.00627. The molecule has 0 saturated carbocycles. The van der Waals surface area contributed by atoms with E-state index in [0.717, 1.165) is 15.8 Å². The van der Waals surface area contributed by atoms with Gasteiger partial charge in [-0.2, -0.15) is 0 Å². The van der Waals surface area contributed by atoms with Gasteiger partial charge in [-0.3, -0.25) is 9.59 Å². The summed E-state index contributed by atoms with van der Waals surface area (Å²) in [6, 6.07) is 9.88. The van der Waals surface area contributed by atoms with Crippen LogP contribution in [-0.4, -0.2) is 55.3 Å². The van der Waals surface area contributed by atoms with E-state index in [0.29, 0.717) is 56.3 Å². The Morgan fingerprint density at radius 1 is 1.03 bits per heavy atom. The van der Waals surface area contributed by atoms with Crippen LogP contribution < -0.4 is 9.47 Å². The van der Waals surface area contributed by atoms with Gasteiger partial charge >= 0.3 is 5.97 Å². The summed E-state index contributed by atoms with van der Waals surface area (Å²) in [6.07, 6.45) is 1.26.